The molecule has 3 rings (SSSR count). The summed E-state index contributed by atoms with van der Waals surface area (Å²) in [6.07, 6.45) is 3.30. The van der Waals surface area contributed by atoms with Crippen LogP contribution in [0.25, 0.3) is 11.3 Å². The molecular formula is C16H15N5O3S. The van der Waals surface area contributed by atoms with Crippen molar-refractivity contribution in [2.45, 2.75) is 11.4 Å². The number of nitrogens with zero attached hydrogens (tertiary/aromatic N) is 2. The highest BCUT2D eigenvalue weighted by Crippen LogP contribution is 2.16. The van der Waals surface area contributed by atoms with E-state index in [0.717, 1.165) is 11.1 Å². The number of pyridine rings is 1. The van der Waals surface area contributed by atoms with Crippen LogP contribution in [0, 0.1) is 0 Å². The maximum Gasteiger partial charge on any atom is 0.269 e. The van der Waals surface area contributed by atoms with Crippen LogP contribution in [0.4, 0.5) is 0 Å². The molecule has 0 aliphatic rings. The number of nitrogens with one attached hydrogen (secondary N) is 2. The molecule has 8 nitrogen and oxygen atoms in total. The first kappa shape index (κ1) is 16.8. The predicted octanol–water partition coefficient (Wildman–Crippen LogP) is 1.05. The lowest BCUT2D eigenvalue weighted by atomic mass is 10.2. The van der Waals surface area contributed by atoms with Crippen molar-refractivity contribution in [2.75, 3.05) is 0 Å². The monoisotopic (exact) mass is 357 g/mol. The third kappa shape index (κ3) is 4.08. The number of carbonyl (C=O) groups is 1. The predicted molar refractivity (Wildman–Crippen MR) is 90.8 cm³/mol. The van der Waals surface area contributed by atoms with Gasteiger partial charge >= 0.3 is 0 Å². The van der Waals surface area contributed by atoms with Crippen molar-refractivity contribution in [3.63, 3.8) is 0 Å². The lowest BCUT2D eigenvalue weighted by Gasteiger charge is -2.04. The molecule has 0 unspecified atom stereocenters. The molecule has 4 N–H and O–H groups in total. The molecule has 0 saturated carbocycles. The highest BCUT2D eigenvalue weighted by molar-refractivity contribution is 7.89. The Balaban J connectivity index is 1.64. The quantitative estimate of drug-likeness (QED) is 0.628. The molecule has 0 spiro atoms. The van der Waals surface area contributed by atoms with Crippen molar-refractivity contribution in [1.29, 1.82) is 0 Å². The number of aromatic nitrogens is 3. The Morgan fingerprint density at radius 1 is 1.12 bits per heavy atom. The average Bonchev–Trinajstić information content (AvgIpc) is 3.10. The maximum absolute atomic E-state index is 12.2. The number of amides is 1. The minimum atomic E-state index is -3.72. The van der Waals surface area contributed by atoms with Crippen LogP contribution in [0.15, 0.2) is 59.8 Å². The van der Waals surface area contributed by atoms with Gasteiger partial charge in [0, 0.05) is 24.5 Å². The van der Waals surface area contributed by atoms with E-state index in [2.05, 4.69) is 20.5 Å². The number of primary sulfonamides is 1. The van der Waals surface area contributed by atoms with Gasteiger partial charge in [-0.05, 0) is 35.9 Å². The van der Waals surface area contributed by atoms with E-state index in [4.69, 9.17) is 5.14 Å². The summed E-state index contributed by atoms with van der Waals surface area (Å²) in [5.74, 6) is -0.316. The van der Waals surface area contributed by atoms with E-state index < -0.39 is 10.0 Å². The number of aromatic amines is 1. The first-order chi connectivity index (χ1) is 11.9. The van der Waals surface area contributed by atoms with Crippen molar-refractivity contribution < 1.29 is 13.2 Å². The summed E-state index contributed by atoms with van der Waals surface area (Å²) in [4.78, 5) is 16.1. The first-order valence-corrected chi connectivity index (χ1v) is 8.84. The van der Waals surface area contributed by atoms with Gasteiger partial charge in [-0.3, -0.25) is 14.9 Å². The summed E-state index contributed by atoms with van der Waals surface area (Å²) in [6.45, 7) is 0.243. The Hall–Kier alpha value is -3.04. The van der Waals surface area contributed by atoms with Gasteiger partial charge in [0.05, 0.1) is 10.6 Å². The topological polar surface area (TPSA) is 131 Å². The Labute approximate surface area is 144 Å². The molecule has 0 bridgehead atoms. The number of benzene rings is 1. The summed E-state index contributed by atoms with van der Waals surface area (Å²) in [7, 11) is -3.72. The van der Waals surface area contributed by atoms with Crippen molar-refractivity contribution in [3.05, 3.63) is 66.1 Å². The second-order valence-corrected chi connectivity index (χ2v) is 6.84. The Bertz CT molecular complexity index is 982. The first-order valence-electron chi connectivity index (χ1n) is 7.29. The van der Waals surface area contributed by atoms with E-state index in [9.17, 15) is 13.2 Å². The summed E-state index contributed by atoms with van der Waals surface area (Å²) < 4.78 is 22.4. The lowest BCUT2D eigenvalue weighted by molar-refractivity contribution is 0.0946. The summed E-state index contributed by atoms with van der Waals surface area (Å²) in [6, 6.07) is 11.2. The molecule has 128 valence electrons. The van der Waals surface area contributed by atoms with Gasteiger partial charge in [0.25, 0.3) is 5.91 Å². The molecule has 0 aliphatic heterocycles. The number of sulfonamides is 1. The molecule has 2 aromatic heterocycles. The zero-order valence-electron chi connectivity index (χ0n) is 13.0. The van der Waals surface area contributed by atoms with E-state index >= 15 is 0 Å². The molecule has 0 fully saturated rings. The van der Waals surface area contributed by atoms with Gasteiger partial charge < -0.3 is 5.32 Å². The summed E-state index contributed by atoms with van der Waals surface area (Å²) in [5.41, 5.74) is 2.57. The van der Waals surface area contributed by atoms with Crippen molar-refractivity contribution >= 4 is 15.9 Å². The van der Waals surface area contributed by atoms with Gasteiger partial charge in [0.2, 0.25) is 10.0 Å². The summed E-state index contributed by atoms with van der Waals surface area (Å²) >= 11 is 0. The second kappa shape index (κ2) is 6.83. The molecule has 0 atom stereocenters. The third-order valence-electron chi connectivity index (χ3n) is 3.50. The molecule has 1 aromatic carbocycles. The lowest BCUT2D eigenvalue weighted by Crippen LogP contribution is -2.23. The number of nitrogens with two attached hydrogens (primary N) is 1. The van der Waals surface area contributed by atoms with E-state index in [-0.39, 0.29) is 17.3 Å². The fourth-order valence-corrected chi connectivity index (χ4v) is 2.70. The van der Waals surface area contributed by atoms with Gasteiger partial charge in [-0.2, -0.15) is 5.10 Å². The number of hydrogen-bond acceptors (Lipinski definition) is 5. The van der Waals surface area contributed by atoms with E-state index in [1.54, 1.807) is 42.7 Å². The van der Waals surface area contributed by atoms with Gasteiger partial charge in [0.1, 0.15) is 5.69 Å². The zero-order valence-corrected chi connectivity index (χ0v) is 13.8. The van der Waals surface area contributed by atoms with Gasteiger partial charge in [-0.25, -0.2) is 13.6 Å². The fraction of sp³-hybridized carbons (Fsp3) is 0.0625. The van der Waals surface area contributed by atoms with Crippen LogP contribution in [0.5, 0.6) is 0 Å². The molecule has 2 heterocycles. The fourth-order valence-electron chi connectivity index (χ4n) is 2.18. The minimum absolute atomic E-state index is 0.0261. The molecule has 0 saturated heterocycles. The number of H-pyrrole nitrogens is 1. The number of hydrogen-bond donors (Lipinski definition) is 3. The molecule has 25 heavy (non-hydrogen) atoms. The molecule has 0 radical (unpaired) electrons. The highest BCUT2D eigenvalue weighted by atomic mass is 32.2. The normalized spacial score (nSPS) is 11.2. The largest absolute Gasteiger partial charge is 0.347 e. The molecular weight excluding hydrogens is 342 g/mol. The van der Waals surface area contributed by atoms with E-state index in [0.29, 0.717) is 11.4 Å². The average molecular weight is 357 g/mol. The molecule has 3 aromatic rings. The Morgan fingerprint density at radius 2 is 1.80 bits per heavy atom. The van der Waals surface area contributed by atoms with Gasteiger partial charge in [-0.15, -0.1) is 0 Å². The van der Waals surface area contributed by atoms with Crippen LogP contribution < -0.4 is 10.5 Å². The highest BCUT2D eigenvalue weighted by Gasteiger charge is 2.11. The smallest absolute Gasteiger partial charge is 0.269 e. The maximum atomic E-state index is 12.2. The number of carbonyl (C=O) groups excluding carboxylic acids is 1. The van der Waals surface area contributed by atoms with E-state index in [1.165, 1.54) is 12.1 Å². The zero-order chi connectivity index (χ0) is 17.9. The Morgan fingerprint density at radius 3 is 2.44 bits per heavy atom. The summed E-state index contributed by atoms with van der Waals surface area (Å²) in [5, 5.41) is 14.6. The van der Waals surface area contributed by atoms with Gasteiger partial charge in [0.15, 0.2) is 0 Å². The Kier molecular flexibility index (Phi) is 4.59. The molecule has 9 heteroatoms. The SMILES string of the molecule is NS(=O)(=O)c1ccc(CNC(=O)c2cc(-c3ccncc3)n[nH]2)cc1. The van der Waals surface area contributed by atoms with Crippen LogP contribution in [0.3, 0.4) is 0 Å². The van der Waals surface area contributed by atoms with Crippen LogP contribution in [-0.2, 0) is 16.6 Å². The second-order valence-electron chi connectivity index (χ2n) is 5.27. The standard InChI is InChI=1S/C16H15N5O3S/c17-25(23,24)13-3-1-11(2-4-13)10-19-16(22)15-9-14(20-21-15)12-5-7-18-8-6-12/h1-9H,10H2,(H,19,22)(H,20,21)(H2,17,23,24). The van der Waals surface area contributed by atoms with E-state index in [1.807, 2.05) is 0 Å². The van der Waals surface area contributed by atoms with Crippen molar-refractivity contribution in [2.24, 2.45) is 5.14 Å². The van der Waals surface area contributed by atoms with Crippen LogP contribution in [0.1, 0.15) is 16.1 Å². The van der Waals surface area contributed by atoms with Gasteiger partial charge in [-0.1, -0.05) is 12.1 Å². The van der Waals surface area contributed by atoms with Crippen LogP contribution >= 0.6 is 0 Å². The molecule has 0 aliphatic carbocycles. The van der Waals surface area contributed by atoms with Crippen molar-refractivity contribution in [1.82, 2.24) is 20.5 Å². The molecule has 1 amide bonds. The van der Waals surface area contributed by atoms with Crippen molar-refractivity contribution in [3.8, 4) is 11.3 Å². The number of rotatable bonds is 5. The minimum Gasteiger partial charge on any atom is -0.347 e. The van der Waals surface area contributed by atoms with Crippen LogP contribution in [0.2, 0.25) is 0 Å². The van der Waals surface area contributed by atoms with Crippen LogP contribution in [-0.4, -0.2) is 29.5 Å². The third-order valence-corrected chi connectivity index (χ3v) is 4.43.